The molecule has 3 N–H and O–H groups in total. The third-order valence-electron chi connectivity index (χ3n) is 3.56. The van der Waals surface area contributed by atoms with E-state index in [0.29, 0.717) is 24.4 Å². The molecule has 20 heavy (non-hydrogen) atoms. The van der Waals surface area contributed by atoms with Crippen LogP contribution in [0.2, 0.25) is 0 Å². The minimum atomic E-state index is -0.711. The van der Waals surface area contributed by atoms with Crippen molar-refractivity contribution >= 4 is 23.1 Å². The topological polar surface area (TPSA) is 75.0 Å². The molecule has 1 rings (SSSR count). The predicted molar refractivity (Wildman–Crippen MR) is 84.1 cm³/mol. The van der Waals surface area contributed by atoms with Gasteiger partial charge in [0.1, 0.15) is 0 Å². The highest BCUT2D eigenvalue weighted by molar-refractivity contribution is 7.80. The maximum atomic E-state index is 12.8. The molecule has 1 aromatic heterocycles. The number of H-pyrrole nitrogens is 1. The van der Waals surface area contributed by atoms with Gasteiger partial charge in [-0.2, -0.15) is 5.10 Å². The molecule has 0 aliphatic rings. The lowest BCUT2D eigenvalue weighted by Gasteiger charge is -2.34. The van der Waals surface area contributed by atoms with Gasteiger partial charge in [0.15, 0.2) is 0 Å². The van der Waals surface area contributed by atoms with Gasteiger partial charge in [0.25, 0.3) is 0 Å². The first kappa shape index (κ1) is 16.6. The summed E-state index contributed by atoms with van der Waals surface area (Å²) in [6, 6.07) is 0. The molecule has 0 aliphatic carbocycles. The van der Waals surface area contributed by atoms with Crippen molar-refractivity contribution in [3.8, 4) is 0 Å². The Morgan fingerprint density at radius 2 is 2.05 bits per heavy atom. The van der Waals surface area contributed by atoms with Gasteiger partial charge in [0.05, 0.1) is 16.6 Å². The molecule has 0 fully saturated rings. The molecule has 0 aromatic carbocycles. The standard InChI is InChI=1S/C14H24N4OS/c1-4-6-14(7-5-2,12(15)20)13(19)18(3)10-11-8-16-17-9-11/h8-9H,4-7,10H2,1-3H3,(H2,15,20)(H,16,17). The molecule has 0 bridgehead atoms. The van der Waals surface area contributed by atoms with E-state index >= 15 is 0 Å². The van der Waals surface area contributed by atoms with Gasteiger partial charge in [-0.3, -0.25) is 9.89 Å². The second-order valence-electron chi connectivity index (χ2n) is 5.21. The Kier molecular flexibility index (Phi) is 6.13. The maximum absolute atomic E-state index is 12.8. The number of nitrogens with zero attached hydrogens (tertiary/aromatic N) is 2. The largest absolute Gasteiger partial charge is 0.392 e. The van der Waals surface area contributed by atoms with E-state index in [1.807, 2.05) is 13.8 Å². The maximum Gasteiger partial charge on any atom is 0.235 e. The fourth-order valence-corrected chi connectivity index (χ4v) is 2.91. The van der Waals surface area contributed by atoms with Gasteiger partial charge >= 0.3 is 0 Å². The molecule has 5 nitrogen and oxygen atoms in total. The number of hydrogen-bond donors (Lipinski definition) is 2. The van der Waals surface area contributed by atoms with Crippen LogP contribution in [-0.2, 0) is 11.3 Å². The third-order valence-corrected chi connectivity index (χ3v) is 3.95. The first-order chi connectivity index (χ1) is 9.47. The van der Waals surface area contributed by atoms with Crippen molar-refractivity contribution in [3.63, 3.8) is 0 Å². The molecule has 0 unspecified atom stereocenters. The summed E-state index contributed by atoms with van der Waals surface area (Å²) in [6.45, 7) is 4.60. The minimum Gasteiger partial charge on any atom is -0.392 e. The van der Waals surface area contributed by atoms with Crippen molar-refractivity contribution < 1.29 is 4.79 Å². The van der Waals surface area contributed by atoms with Gasteiger partial charge in [-0.05, 0) is 12.8 Å². The monoisotopic (exact) mass is 296 g/mol. The lowest BCUT2D eigenvalue weighted by atomic mass is 9.77. The van der Waals surface area contributed by atoms with Gasteiger partial charge in [0.2, 0.25) is 5.91 Å². The van der Waals surface area contributed by atoms with Crippen molar-refractivity contribution in [2.45, 2.75) is 46.1 Å². The van der Waals surface area contributed by atoms with Crippen molar-refractivity contribution in [3.05, 3.63) is 18.0 Å². The quantitative estimate of drug-likeness (QED) is 0.721. The van der Waals surface area contributed by atoms with Crippen molar-refractivity contribution in [1.82, 2.24) is 15.1 Å². The average molecular weight is 296 g/mol. The Bertz CT molecular complexity index is 438. The summed E-state index contributed by atoms with van der Waals surface area (Å²) in [7, 11) is 1.79. The number of aromatic amines is 1. The normalized spacial score (nSPS) is 11.3. The third kappa shape index (κ3) is 3.56. The molecular formula is C14H24N4OS. The van der Waals surface area contributed by atoms with Crippen LogP contribution in [0.1, 0.15) is 45.1 Å². The second-order valence-corrected chi connectivity index (χ2v) is 5.65. The van der Waals surface area contributed by atoms with Gasteiger partial charge in [-0.1, -0.05) is 38.9 Å². The van der Waals surface area contributed by atoms with Crippen LogP contribution < -0.4 is 5.73 Å². The van der Waals surface area contributed by atoms with Crippen LogP contribution in [0.4, 0.5) is 0 Å². The second kappa shape index (κ2) is 7.38. The molecular weight excluding hydrogens is 272 g/mol. The van der Waals surface area contributed by atoms with E-state index in [4.69, 9.17) is 18.0 Å². The van der Waals surface area contributed by atoms with Gasteiger partial charge in [-0.25, -0.2) is 0 Å². The molecule has 0 saturated carbocycles. The molecule has 0 spiro atoms. The SMILES string of the molecule is CCCC(CCC)(C(=O)N(C)Cc1cn[nH]c1)C(N)=S. The van der Waals surface area contributed by atoms with E-state index in [1.165, 1.54) is 0 Å². The summed E-state index contributed by atoms with van der Waals surface area (Å²) in [5.41, 5.74) is 6.17. The van der Waals surface area contributed by atoms with Gasteiger partial charge in [-0.15, -0.1) is 0 Å². The zero-order valence-electron chi connectivity index (χ0n) is 12.5. The number of aromatic nitrogens is 2. The van der Waals surface area contributed by atoms with Crippen molar-refractivity contribution in [1.29, 1.82) is 0 Å². The molecule has 0 saturated heterocycles. The summed E-state index contributed by atoms with van der Waals surface area (Å²) >= 11 is 5.22. The van der Waals surface area contributed by atoms with Crippen molar-refractivity contribution in [2.24, 2.45) is 11.1 Å². The Hall–Kier alpha value is -1.43. The van der Waals surface area contributed by atoms with Crippen LogP contribution in [0.3, 0.4) is 0 Å². The summed E-state index contributed by atoms with van der Waals surface area (Å²) in [5, 5.41) is 6.64. The van der Waals surface area contributed by atoms with Gasteiger partial charge in [0, 0.05) is 25.4 Å². The average Bonchev–Trinajstić information content (AvgIpc) is 2.90. The van der Waals surface area contributed by atoms with Crippen LogP contribution in [0.15, 0.2) is 12.4 Å². The Labute approximate surface area is 125 Å². The molecule has 1 amide bonds. The number of hydrogen-bond acceptors (Lipinski definition) is 3. The smallest absolute Gasteiger partial charge is 0.235 e. The summed E-state index contributed by atoms with van der Waals surface area (Å²) in [6.07, 6.45) is 6.65. The summed E-state index contributed by atoms with van der Waals surface area (Å²) < 4.78 is 0. The van der Waals surface area contributed by atoms with Crippen LogP contribution in [-0.4, -0.2) is 33.0 Å². The molecule has 0 aliphatic heterocycles. The summed E-state index contributed by atoms with van der Waals surface area (Å²) in [4.78, 5) is 14.8. The molecule has 6 heteroatoms. The first-order valence-electron chi connectivity index (χ1n) is 7.01. The summed E-state index contributed by atoms with van der Waals surface area (Å²) in [5.74, 6) is 0.00917. The number of carbonyl (C=O) groups is 1. The molecule has 0 atom stereocenters. The highest BCUT2D eigenvalue weighted by Gasteiger charge is 2.41. The highest BCUT2D eigenvalue weighted by Crippen LogP contribution is 2.33. The number of nitrogens with two attached hydrogens (primary N) is 1. The zero-order chi connectivity index (χ0) is 15.2. The Balaban J connectivity index is 2.93. The van der Waals surface area contributed by atoms with Crippen LogP contribution in [0.25, 0.3) is 0 Å². The highest BCUT2D eigenvalue weighted by atomic mass is 32.1. The van der Waals surface area contributed by atoms with Crippen molar-refractivity contribution in [2.75, 3.05) is 7.05 Å². The first-order valence-corrected chi connectivity index (χ1v) is 7.41. The van der Waals surface area contributed by atoms with E-state index in [-0.39, 0.29) is 5.91 Å². The van der Waals surface area contributed by atoms with Crippen LogP contribution in [0, 0.1) is 5.41 Å². The fraction of sp³-hybridized carbons (Fsp3) is 0.643. The van der Waals surface area contributed by atoms with E-state index in [1.54, 1.807) is 24.3 Å². The Morgan fingerprint density at radius 3 is 2.45 bits per heavy atom. The molecule has 0 radical (unpaired) electrons. The van der Waals surface area contributed by atoms with Gasteiger partial charge < -0.3 is 10.6 Å². The number of nitrogens with one attached hydrogen (secondary N) is 1. The fourth-order valence-electron chi connectivity index (χ4n) is 2.62. The molecule has 1 aromatic rings. The van der Waals surface area contributed by atoms with Crippen LogP contribution >= 0.6 is 12.2 Å². The molecule has 112 valence electrons. The van der Waals surface area contributed by atoms with E-state index in [0.717, 1.165) is 18.4 Å². The lowest BCUT2D eigenvalue weighted by molar-refractivity contribution is -0.138. The van der Waals surface area contributed by atoms with Crippen LogP contribution in [0.5, 0.6) is 0 Å². The zero-order valence-corrected chi connectivity index (χ0v) is 13.3. The Morgan fingerprint density at radius 1 is 1.45 bits per heavy atom. The molecule has 1 heterocycles. The van der Waals surface area contributed by atoms with E-state index in [9.17, 15) is 4.79 Å². The lowest BCUT2D eigenvalue weighted by Crippen LogP contribution is -2.49. The predicted octanol–water partition coefficient (Wildman–Crippen LogP) is 2.24. The van der Waals surface area contributed by atoms with E-state index < -0.39 is 5.41 Å². The number of rotatable bonds is 8. The number of thiocarbonyl (C=S) groups is 1. The number of carbonyl (C=O) groups excluding carboxylic acids is 1. The minimum absolute atomic E-state index is 0.00917. The van der Waals surface area contributed by atoms with E-state index in [2.05, 4.69) is 10.2 Å². The number of amides is 1.